The lowest BCUT2D eigenvalue weighted by atomic mass is 10.1. The number of carbonyl (C=O) groups excluding carboxylic acids is 2. The summed E-state index contributed by atoms with van der Waals surface area (Å²) in [5, 5.41) is 5.49. The summed E-state index contributed by atoms with van der Waals surface area (Å²) >= 11 is 2.77. The average molecular weight is 374 g/mol. The highest BCUT2D eigenvalue weighted by molar-refractivity contribution is 7.17. The second-order valence-corrected chi connectivity index (χ2v) is 7.79. The number of amides is 2. The van der Waals surface area contributed by atoms with Crippen molar-refractivity contribution in [2.24, 2.45) is 5.73 Å². The molecule has 7 nitrogen and oxygen atoms in total. The van der Waals surface area contributed by atoms with Gasteiger partial charge in [-0.15, -0.1) is 22.7 Å². The molecule has 1 aliphatic rings. The lowest BCUT2D eigenvalue weighted by Gasteiger charge is -2.07. The Morgan fingerprint density at radius 2 is 2.20 bits per heavy atom. The van der Waals surface area contributed by atoms with E-state index in [1.165, 1.54) is 33.6 Å². The summed E-state index contributed by atoms with van der Waals surface area (Å²) in [6.45, 7) is -0.168. The third-order valence-electron chi connectivity index (χ3n) is 4.19. The molecule has 128 valence electrons. The molecule has 3 heterocycles. The minimum absolute atomic E-state index is 0.168. The van der Waals surface area contributed by atoms with Gasteiger partial charge in [-0.1, -0.05) is 0 Å². The Labute approximate surface area is 150 Å². The number of carbonyl (C=O) groups is 2. The molecule has 3 aromatic heterocycles. The summed E-state index contributed by atoms with van der Waals surface area (Å²) in [5.41, 5.74) is 6.59. The molecule has 2 amide bonds. The van der Waals surface area contributed by atoms with Crippen molar-refractivity contribution in [1.29, 1.82) is 0 Å². The molecule has 0 aromatic carbocycles. The normalized spacial score (nSPS) is 13.1. The standard InChI is InChI=1S/C16H14N4O3S2/c17-13(22)12-8-2-1-3-10(8)25-15(12)19-11(21)6-20-7-18-14-9(16(20)23)4-5-24-14/h4-5,7H,1-3,6H2,(H2,17,22)(H,19,21). The molecule has 0 bridgehead atoms. The highest BCUT2D eigenvalue weighted by atomic mass is 32.1. The van der Waals surface area contributed by atoms with Gasteiger partial charge in [-0.3, -0.25) is 19.0 Å². The van der Waals surface area contributed by atoms with E-state index in [1.807, 2.05) is 0 Å². The number of primary amides is 1. The van der Waals surface area contributed by atoms with Gasteiger partial charge in [0.25, 0.3) is 11.5 Å². The summed E-state index contributed by atoms with van der Waals surface area (Å²) in [4.78, 5) is 42.4. The quantitative estimate of drug-likeness (QED) is 0.725. The topological polar surface area (TPSA) is 107 Å². The Morgan fingerprint density at radius 1 is 1.36 bits per heavy atom. The van der Waals surface area contributed by atoms with Crippen molar-refractivity contribution in [3.05, 3.63) is 44.1 Å². The van der Waals surface area contributed by atoms with E-state index in [4.69, 9.17) is 5.73 Å². The number of rotatable bonds is 4. The Kier molecular flexibility index (Phi) is 3.89. The van der Waals surface area contributed by atoms with Gasteiger partial charge in [0, 0.05) is 4.88 Å². The zero-order valence-electron chi connectivity index (χ0n) is 13.1. The number of thiophene rings is 2. The monoisotopic (exact) mass is 374 g/mol. The van der Waals surface area contributed by atoms with E-state index in [1.54, 1.807) is 11.4 Å². The first kappa shape index (κ1) is 16.0. The number of nitrogens with two attached hydrogens (primary N) is 1. The average Bonchev–Trinajstić information content (AvgIpc) is 3.24. The molecular weight excluding hydrogens is 360 g/mol. The molecule has 9 heteroatoms. The fraction of sp³-hybridized carbons (Fsp3) is 0.250. The largest absolute Gasteiger partial charge is 0.365 e. The summed E-state index contributed by atoms with van der Waals surface area (Å²) in [6.07, 6.45) is 4.06. The zero-order valence-corrected chi connectivity index (χ0v) is 14.7. The first-order chi connectivity index (χ1) is 12.0. The molecule has 0 aliphatic heterocycles. The summed E-state index contributed by atoms with van der Waals surface area (Å²) in [5.74, 6) is -0.922. The molecule has 0 fully saturated rings. The van der Waals surface area contributed by atoms with Crippen LogP contribution in [0.2, 0.25) is 0 Å². The third kappa shape index (κ3) is 2.75. The molecule has 25 heavy (non-hydrogen) atoms. The van der Waals surface area contributed by atoms with Crippen LogP contribution in [-0.2, 0) is 24.2 Å². The Bertz CT molecular complexity index is 1060. The minimum Gasteiger partial charge on any atom is -0.365 e. The highest BCUT2D eigenvalue weighted by Gasteiger charge is 2.26. The van der Waals surface area contributed by atoms with Crippen LogP contribution in [-0.4, -0.2) is 21.4 Å². The molecule has 0 saturated heterocycles. The van der Waals surface area contributed by atoms with Crippen molar-refractivity contribution in [2.75, 3.05) is 5.32 Å². The van der Waals surface area contributed by atoms with E-state index in [2.05, 4.69) is 10.3 Å². The lowest BCUT2D eigenvalue weighted by Crippen LogP contribution is -2.28. The Balaban J connectivity index is 1.59. The summed E-state index contributed by atoms with van der Waals surface area (Å²) in [6, 6.07) is 1.69. The first-order valence-electron chi connectivity index (χ1n) is 7.71. The van der Waals surface area contributed by atoms with Crippen LogP contribution >= 0.6 is 22.7 Å². The summed E-state index contributed by atoms with van der Waals surface area (Å²) in [7, 11) is 0. The zero-order chi connectivity index (χ0) is 17.6. The second kappa shape index (κ2) is 6.08. The molecular formula is C16H14N4O3S2. The maximum Gasteiger partial charge on any atom is 0.262 e. The number of anilines is 1. The molecule has 0 spiro atoms. The van der Waals surface area contributed by atoms with Crippen LogP contribution in [0.5, 0.6) is 0 Å². The van der Waals surface area contributed by atoms with Gasteiger partial charge in [0.1, 0.15) is 16.4 Å². The van der Waals surface area contributed by atoms with Crippen LogP contribution in [0.15, 0.2) is 22.6 Å². The number of nitrogens with zero attached hydrogens (tertiary/aromatic N) is 2. The molecule has 1 aliphatic carbocycles. The SMILES string of the molecule is NC(=O)c1c(NC(=O)Cn2cnc3sccc3c2=O)sc2c1CCC2. The molecule has 0 radical (unpaired) electrons. The maximum absolute atomic E-state index is 12.4. The van der Waals surface area contributed by atoms with Crippen LogP contribution in [0, 0.1) is 0 Å². The number of hydrogen-bond acceptors (Lipinski definition) is 6. The fourth-order valence-electron chi connectivity index (χ4n) is 3.08. The molecule has 0 atom stereocenters. The van der Waals surface area contributed by atoms with Gasteiger partial charge in [0.15, 0.2) is 0 Å². The van der Waals surface area contributed by atoms with Gasteiger partial charge >= 0.3 is 0 Å². The van der Waals surface area contributed by atoms with E-state index >= 15 is 0 Å². The van der Waals surface area contributed by atoms with Crippen molar-refractivity contribution in [3.8, 4) is 0 Å². The van der Waals surface area contributed by atoms with Crippen LogP contribution in [0.25, 0.3) is 10.2 Å². The van der Waals surface area contributed by atoms with Crippen molar-refractivity contribution in [2.45, 2.75) is 25.8 Å². The van der Waals surface area contributed by atoms with Crippen molar-refractivity contribution in [1.82, 2.24) is 9.55 Å². The number of aryl methyl sites for hydroxylation is 1. The second-order valence-electron chi connectivity index (χ2n) is 5.79. The van der Waals surface area contributed by atoms with Crippen molar-refractivity contribution in [3.63, 3.8) is 0 Å². The third-order valence-corrected chi connectivity index (χ3v) is 6.21. The predicted octanol–water partition coefficient (Wildman–Crippen LogP) is 1.75. The number of hydrogen-bond donors (Lipinski definition) is 2. The van der Waals surface area contributed by atoms with Crippen LogP contribution in [0.3, 0.4) is 0 Å². The smallest absolute Gasteiger partial charge is 0.262 e. The Hall–Kier alpha value is -2.52. The highest BCUT2D eigenvalue weighted by Crippen LogP contribution is 2.38. The van der Waals surface area contributed by atoms with Crippen molar-refractivity contribution < 1.29 is 9.59 Å². The minimum atomic E-state index is -0.534. The number of nitrogens with one attached hydrogen (secondary N) is 1. The van der Waals surface area contributed by atoms with E-state index in [-0.39, 0.29) is 18.0 Å². The molecule has 3 N–H and O–H groups in total. The van der Waals surface area contributed by atoms with E-state index < -0.39 is 5.91 Å². The predicted molar refractivity (Wildman–Crippen MR) is 97.4 cm³/mol. The van der Waals surface area contributed by atoms with Crippen LogP contribution in [0.4, 0.5) is 5.00 Å². The maximum atomic E-state index is 12.4. The van der Waals surface area contributed by atoms with E-state index in [0.717, 1.165) is 29.7 Å². The van der Waals surface area contributed by atoms with Crippen LogP contribution < -0.4 is 16.6 Å². The van der Waals surface area contributed by atoms with Gasteiger partial charge in [-0.25, -0.2) is 4.98 Å². The Morgan fingerprint density at radius 3 is 3.00 bits per heavy atom. The van der Waals surface area contributed by atoms with Crippen molar-refractivity contribution >= 4 is 49.7 Å². The van der Waals surface area contributed by atoms with Gasteiger partial charge in [-0.2, -0.15) is 0 Å². The van der Waals surface area contributed by atoms with E-state index in [9.17, 15) is 14.4 Å². The fourth-order valence-corrected chi connectivity index (χ4v) is 5.11. The van der Waals surface area contributed by atoms with E-state index in [0.29, 0.717) is 20.8 Å². The van der Waals surface area contributed by atoms with Gasteiger partial charge in [0.2, 0.25) is 5.91 Å². The van der Waals surface area contributed by atoms with Gasteiger partial charge in [-0.05, 0) is 36.3 Å². The molecule has 0 saturated carbocycles. The van der Waals surface area contributed by atoms with Gasteiger partial charge < -0.3 is 11.1 Å². The number of fused-ring (bicyclic) bond motifs is 2. The molecule has 0 unspecified atom stereocenters. The van der Waals surface area contributed by atoms with Crippen LogP contribution in [0.1, 0.15) is 27.2 Å². The number of aromatic nitrogens is 2. The first-order valence-corrected chi connectivity index (χ1v) is 9.41. The molecule has 4 rings (SSSR count). The summed E-state index contributed by atoms with van der Waals surface area (Å²) < 4.78 is 1.26. The van der Waals surface area contributed by atoms with Gasteiger partial charge in [0.05, 0.1) is 17.3 Å². The lowest BCUT2D eigenvalue weighted by molar-refractivity contribution is -0.116. The molecule has 3 aromatic rings.